The van der Waals surface area contributed by atoms with Crippen molar-refractivity contribution in [3.05, 3.63) is 72.5 Å². The van der Waals surface area contributed by atoms with E-state index in [1.54, 1.807) is 12.1 Å². The minimum atomic E-state index is -3.70. The first-order chi connectivity index (χ1) is 14.5. The number of sulfonamides is 1. The summed E-state index contributed by atoms with van der Waals surface area (Å²) in [4.78, 5) is 12.5. The van der Waals surface area contributed by atoms with Gasteiger partial charge in [0, 0.05) is 30.2 Å². The van der Waals surface area contributed by atoms with Gasteiger partial charge in [-0.1, -0.05) is 24.6 Å². The van der Waals surface area contributed by atoms with Crippen molar-refractivity contribution in [3.8, 4) is 0 Å². The first-order valence-electron chi connectivity index (χ1n) is 9.86. The van der Waals surface area contributed by atoms with Gasteiger partial charge in [0.1, 0.15) is 0 Å². The summed E-state index contributed by atoms with van der Waals surface area (Å²) < 4.78 is 32.1. The molecule has 0 radical (unpaired) electrons. The molecule has 1 amide bonds. The van der Waals surface area contributed by atoms with Crippen LogP contribution in [0.15, 0.2) is 76.2 Å². The maximum atomic E-state index is 12.7. The molecule has 1 aliphatic rings. The average Bonchev–Trinajstić information content (AvgIpc) is 3.28. The second-order valence-electron chi connectivity index (χ2n) is 7.11. The Labute approximate surface area is 175 Å². The summed E-state index contributed by atoms with van der Waals surface area (Å²) in [7, 11) is -3.70. The minimum Gasteiger partial charge on any atom is -0.438 e. The minimum absolute atomic E-state index is 0.0444. The fourth-order valence-electron chi connectivity index (χ4n) is 3.33. The average molecular weight is 426 g/mol. The van der Waals surface area contributed by atoms with Gasteiger partial charge >= 0.3 is 0 Å². The Bertz CT molecular complexity index is 1100. The number of carbonyl (C=O) groups is 1. The molecule has 1 aromatic heterocycles. The normalized spacial score (nSPS) is 14.9. The van der Waals surface area contributed by atoms with Gasteiger partial charge in [-0.25, -0.2) is 8.42 Å². The van der Waals surface area contributed by atoms with Crippen molar-refractivity contribution in [1.82, 2.24) is 4.31 Å². The van der Waals surface area contributed by atoms with Gasteiger partial charge in [0.15, 0.2) is 5.76 Å². The number of hydrogen-bond donors (Lipinski definition) is 2. The fourth-order valence-corrected chi connectivity index (χ4v) is 4.76. The predicted molar refractivity (Wildman–Crippen MR) is 115 cm³/mol. The molecule has 2 N–H and O–H groups in total. The van der Waals surface area contributed by atoms with E-state index in [1.807, 2.05) is 42.5 Å². The molecule has 7 nitrogen and oxygen atoms in total. The summed E-state index contributed by atoms with van der Waals surface area (Å²) in [6, 6.07) is 19.7. The molecule has 1 saturated heterocycles. The third-order valence-electron chi connectivity index (χ3n) is 4.92. The van der Waals surface area contributed by atoms with Crippen molar-refractivity contribution >= 4 is 33.0 Å². The van der Waals surface area contributed by atoms with Gasteiger partial charge in [0.25, 0.3) is 15.9 Å². The second kappa shape index (κ2) is 8.73. The quantitative estimate of drug-likeness (QED) is 0.609. The first-order valence-corrected chi connectivity index (χ1v) is 11.3. The molecule has 1 aliphatic heterocycles. The number of rotatable bonds is 6. The smallest absolute Gasteiger partial charge is 0.291 e. The number of para-hydroxylation sites is 1. The predicted octanol–water partition coefficient (Wildman–Crippen LogP) is 4.45. The zero-order valence-corrected chi connectivity index (χ0v) is 17.2. The molecule has 4 rings (SSSR count). The Morgan fingerprint density at radius 1 is 0.800 bits per heavy atom. The lowest BCUT2D eigenvalue weighted by molar-refractivity contribution is 0.0991. The van der Waals surface area contributed by atoms with E-state index in [-0.39, 0.29) is 10.9 Å². The largest absolute Gasteiger partial charge is 0.438 e. The van der Waals surface area contributed by atoms with E-state index in [0.29, 0.717) is 18.8 Å². The third-order valence-corrected chi connectivity index (χ3v) is 6.69. The van der Waals surface area contributed by atoms with E-state index in [4.69, 9.17) is 4.42 Å². The molecule has 0 aliphatic carbocycles. The van der Waals surface area contributed by atoms with Crippen LogP contribution in [0.1, 0.15) is 29.8 Å². The zero-order valence-electron chi connectivity index (χ0n) is 16.4. The van der Waals surface area contributed by atoms with Crippen molar-refractivity contribution in [2.24, 2.45) is 0 Å². The van der Waals surface area contributed by atoms with Crippen LogP contribution in [0, 0.1) is 0 Å². The highest BCUT2D eigenvalue weighted by molar-refractivity contribution is 7.89. The number of furan rings is 1. The van der Waals surface area contributed by atoms with Crippen LogP contribution in [0.5, 0.6) is 0 Å². The van der Waals surface area contributed by atoms with Crippen molar-refractivity contribution in [2.45, 2.75) is 24.4 Å². The Morgan fingerprint density at radius 3 is 2.13 bits per heavy atom. The van der Waals surface area contributed by atoms with E-state index >= 15 is 0 Å². The van der Waals surface area contributed by atoms with E-state index < -0.39 is 15.9 Å². The van der Waals surface area contributed by atoms with Gasteiger partial charge in [0.05, 0.1) is 0 Å². The van der Waals surface area contributed by atoms with E-state index in [2.05, 4.69) is 10.6 Å². The van der Waals surface area contributed by atoms with Crippen LogP contribution < -0.4 is 10.6 Å². The Balaban J connectivity index is 1.41. The molecule has 0 bridgehead atoms. The molecule has 1 fully saturated rings. The monoisotopic (exact) mass is 425 g/mol. The number of benzene rings is 2. The van der Waals surface area contributed by atoms with Crippen LogP contribution >= 0.6 is 0 Å². The molecule has 8 heteroatoms. The van der Waals surface area contributed by atoms with Crippen LogP contribution in [-0.2, 0) is 10.0 Å². The molecule has 0 saturated carbocycles. The number of piperidine rings is 1. The molecule has 2 aromatic carbocycles. The van der Waals surface area contributed by atoms with Gasteiger partial charge in [0.2, 0.25) is 5.09 Å². The molecule has 0 spiro atoms. The Kier molecular flexibility index (Phi) is 5.87. The highest BCUT2D eigenvalue weighted by Gasteiger charge is 2.29. The SMILES string of the molecule is O=C(Nc1ccc(Nc2ccccc2)cc1)c1ccc(S(=O)(=O)N2CCCCC2)o1. The number of carbonyl (C=O) groups excluding carboxylic acids is 1. The van der Waals surface area contributed by atoms with Crippen LogP contribution in [-0.4, -0.2) is 31.7 Å². The highest BCUT2D eigenvalue weighted by Crippen LogP contribution is 2.23. The second-order valence-corrected chi connectivity index (χ2v) is 8.97. The lowest BCUT2D eigenvalue weighted by Crippen LogP contribution is -2.35. The van der Waals surface area contributed by atoms with Crippen molar-refractivity contribution in [2.75, 3.05) is 23.7 Å². The summed E-state index contributed by atoms with van der Waals surface area (Å²) in [5, 5.41) is 5.79. The maximum Gasteiger partial charge on any atom is 0.291 e. The van der Waals surface area contributed by atoms with Crippen LogP contribution in [0.3, 0.4) is 0 Å². The topological polar surface area (TPSA) is 91.7 Å². The standard InChI is InChI=1S/C22H23N3O4S/c26-22(20-13-14-21(29-20)30(27,28)25-15-5-2-6-16-25)24-19-11-9-18(10-12-19)23-17-7-3-1-4-8-17/h1,3-4,7-14,23H,2,5-6,15-16H2,(H,24,26). The van der Waals surface area contributed by atoms with Gasteiger partial charge in [-0.05, 0) is 61.4 Å². The van der Waals surface area contributed by atoms with Gasteiger partial charge in [-0.3, -0.25) is 4.79 Å². The Morgan fingerprint density at radius 2 is 1.43 bits per heavy atom. The van der Waals surface area contributed by atoms with Gasteiger partial charge in [-0.15, -0.1) is 0 Å². The number of anilines is 3. The molecule has 3 aromatic rings. The van der Waals surface area contributed by atoms with Crippen LogP contribution in [0.2, 0.25) is 0 Å². The maximum absolute atomic E-state index is 12.7. The van der Waals surface area contributed by atoms with Crippen molar-refractivity contribution in [1.29, 1.82) is 0 Å². The molecule has 156 valence electrons. The number of nitrogens with one attached hydrogen (secondary N) is 2. The fraction of sp³-hybridized carbons (Fsp3) is 0.227. The summed E-state index contributed by atoms with van der Waals surface area (Å²) in [5.41, 5.74) is 2.43. The lowest BCUT2D eigenvalue weighted by Gasteiger charge is -2.24. The van der Waals surface area contributed by atoms with Crippen LogP contribution in [0.4, 0.5) is 17.1 Å². The molecular weight excluding hydrogens is 402 g/mol. The molecule has 30 heavy (non-hydrogen) atoms. The summed E-state index contributed by atoms with van der Waals surface area (Å²) in [6.07, 6.45) is 2.70. The summed E-state index contributed by atoms with van der Waals surface area (Å²) >= 11 is 0. The van der Waals surface area contributed by atoms with E-state index in [1.165, 1.54) is 16.4 Å². The number of nitrogens with zero attached hydrogens (tertiary/aromatic N) is 1. The number of amides is 1. The first kappa shape index (κ1) is 20.2. The summed E-state index contributed by atoms with van der Waals surface area (Å²) in [5.74, 6) is -0.545. The van der Waals surface area contributed by atoms with Gasteiger partial charge < -0.3 is 15.1 Å². The van der Waals surface area contributed by atoms with Crippen LogP contribution in [0.25, 0.3) is 0 Å². The lowest BCUT2D eigenvalue weighted by atomic mass is 10.2. The van der Waals surface area contributed by atoms with E-state index in [0.717, 1.165) is 30.6 Å². The molecule has 0 unspecified atom stereocenters. The van der Waals surface area contributed by atoms with Crippen molar-refractivity contribution < 1.29 is 17.6 Å². The van der Waals surface area contributed by atoms with Crippen molar-refractivity contribution in [3.63, 3.8) is 0 Å². The molecule has 0 atom stereocenters. The molecular formula is C22H23N3O4S. The number of hydrogen-bond acceptors (Lipinski definition) is 5. The third kappa shape index (κ3) is 4.55. The zero-order chi connectivity index (χ0) is 21.0. The molecule has 2 heterocycles. The summed E-state index contributed by atoms with van der Waals surface area (Å²) in [6.45, 7) is 0.960. The Hall–Kier alpha value is -3.10. The van der Waals surface area contributed by atoms with E-state index in [9.17, 15) is 13.2 Å². The highest BCUT2D eigenvalue weighted by atomic mass is 32.2. The van der Waals surface area contributed by atoms with Gasteiger partial charge in [-0.2, -0.15) is 4.31 Å².